The van der Waals surface area contributed by atoms with Crippen molar-refractivity contribution in [3.05, 3.63) is 23.8 Å². The van der Waals surface area contributed by atoms with Gasteiger partial charge in [0.15, 0.2) is 11.5 Å². The largest absolute Gasteiger partial charge is 0.490 e. The lowest BCUT2D eigenvalue weighted by Crippen LogP contribution is -2.74. The van der Waals surface area contributed by atoms with Gasteiger partial charge in [0.05, 0.1) is 18.8 Å². The quantitative estimate of drug-likeness (QED) is 0.0370. The molecule has 0 bridgehead atoms. The molecule has 0 radical (unpaired) electrons. The van der Waals surface area contributed by atoms with Crippen molar-refractivity contribution in [3.63, 3.8) is 0 Å². The number of benzene rings is 1. The maximum Gasteiger partial charge on any atom is 0.460 e. The molecule has 0 aromatic heterocycles. The van der Waals surface area contributed by atoms with Crippen molar-refractivity contribution in [1.29, 1.82) is 0 Å². The van der Waals surface area contributed by atoms with E-state index < -0.39 is 152 Å². The predicted octanol–water partition coefficient (Wildman–Crippen LogP) is 19.5. The molecule has 0 unspecified atom stereocenters. The molecule has 1 heterocycles. The minimum absolute atomic E-state index is 0.0114. The van der Waals surface area contributed by atoms with Crippen LogP contribution in [0.1, 0.15) is 152 Å². The van der Waals surface area contributed by atoms with Crippen molar-refractivity contribution >= 4 is 17.8 Å². The number of unbranched alkanes of at least 4 members (excludes halogenated alkanes) is 16. The zero-order valence-electron chi connectivity index (χ0n) is 45.5. The molecule has 0 aliphatic carbocycles. The van der Waals surface area contributed by atoms with Gasteiger partial charge in [-0.3, -0.25) is 9.59 Å². The number of alkyl halides is 34. The van der Waals surface area contributed by atoms with Crippen molar-refractivity contribution in [1.82, 2.24) is 5.06 Å². The third kappa shape index (κ3) is 16.0. The molecule has 1 fully saturated rings. The lowest BCUT2D eigenvalue weighted by molar-refractivity contribution is -0.461. The van der Waals surface area contributed by atoms with Gasteiger partial charge in [-0.25, -0.2) is 4.79 Å². The summed E-state index contributed by atoms with van der Waals surface area (Å²) in [5, 5.41) is 0.236. The summed E-state index contributed by atoms with van der Waals surface area (Å²) in [5.74, 6) is -117. The fourth-order valence-electron chi connectivity index (χ4n) is 8.10. The normalized spacial score (nSPS) is 15.7. The van der Waals surface area contributed by atoms with Gasteiger partial charge in [-0.2, -0.15) is 149 Å². The van der Waals surface area contributed by atoms with Crippen molar-refractivity contribution < 1.29 is 178 Å². The van der Waals surface area contributed by atoms with Crippen LogP contribution in [0.4, 0.5) is 149 Å². The van der Waals surface area contributed by atoms with Gasteiger partial charge in [0.2, 0.25) is 0 Å². The van der Waals surface area contributed by atoms with Crippen LogP contribution in [0.2, 0.25) is 0 Å². The first-order valence-corrected chi connectivity index (χ1v) is 26.3. The second-order valence-electron chi connectivity index (χ2n) is 20.5. The predicted molar refractivity (Wildman–Crippen MR) is 238 cm³/mol. The van der Waals surface area contributed by atoms with Crippen molar-refractivity contribution in [2.24, 2.45) is 0 Å². The highest BCUT2D eigenvalue weighted by Crippen LogP contribution is 2.66. The molecule has 526 valence electrons. The van der Waals surface area contributed by atoms with Crippen LogP contribution in [0.25, 0.3) is 0 Å². The first kappa shape index (κ1) is 81.1. The molecule has 0 saturated carbocycles. The molecule has 41 heteroatoms. The number of hydrogen-bond acceptors (Lipinski definition) is 6. The molecule has 2 rings (SSSR count). The molecule has 1 aliphatic heterocycles. The highest BCUT2D eigenvalue weighted by Gasteiger charge is 2.97. The number of ether oxygens (including phenoxy) is 2. The number of imide groups is 1. The monoisotopic (exact) mass is 1400 g/mol. The van der Waals surface area contributed by atoms with Gasteiger partial charge in [-0.1, -0.05) is 89.9 Å². The zero-order valence-corrected chi connectivity index (χ0v) is 45.5. The maximum absolute atomic E-state index is 14.2. The van der Waals surface area contributed by atoms with Gasteiger partial charge in [-0.05, 0) is 43.9 Å². The SMILES string of the molecule is O=C(ON1C(=O)CCC1=O)c1ccc(OCCCCCCCCCCCC(F)(F)C(F)(F)C(F)(F)C(F)(F)C(F)(F)C(F)(F)C(F)(F)C(F)(F)F)c(OCCCCCCCCCCCC(F)(F)C(F)(F)C(F)(F)C(F)(F)C(F)(F)C(F)(F)C(F)(F)C(F)(F)F)c1. The van der Waals surface area contributed by atoms with E-state index in [-0.39, 0.29) is 99.5 Å². The fraction of sp³-hybridized carbons (Fsp3) is 0.816. The lowest BCUT2D eigenvalue weighted by Gasteiger charge is -2.42. The minimum atomic E-state index is -8.72. The van der Waals surface area contributed by atoms with E-state index in [1.165, 1.54) is 6.07 Å². The number of amides is 2. The summed E-state index contributed by atoms with van der Waals surface area (Å²) in [7, 11) is 0. The highest BCUT2D eigenvalue weighted by atomic mass is 19.4. The molecule has 1 aliphatic rings. The maximum atomic E-state index is 14.2. The van der Waals surface area contributed by atoms with Gasteiger partial charge in [0, 0.05) is 25.7 Å². The van der Waals surface area contributed by atoms with Crippen molar-refractivity contribution in [2.75, 3.05) is 13.2 Å². The Morgan fingerprint density at radius 2 is 0.567 bits per heavy atom. The van der Waals surface area contributed by atoms with Crippen LogP contribution in [-0.4, -0.2) is 131 Å². The Labute approximate surface area is 485 Å². The van der Waals surface area contributed by atoms with E-state index in [9.17, 15) is 164 Å². The van der Waals surface area contributed by atoms with Gasteiger partial charge in [0.25, 0.3) is 11.8 Å². The molecular weight excluding hydrogens is 1340 g/mol. The molecule has 0 atom stereocenters. The average molecular weight is 1400 g/mol. The summed E-state index contributed by atoms with van der Waals surface area (Å²) in [6, 6.07) is 3.49. The molecular formula is C49H51F34NO6. The smallest absolute Gasteiger partial charge is 0.460 e. The number of halogens is 34. The van der Waals surface area contributed by atoms with E-state index in [2.05, 4.69) is 0 Å². The number of hydroxylamine groups is 2. The Hall–Kier alpha value is -4.95. The van der Waals surface area contributed by atoms with Gasteiger partial charge >= 0.3 is 101 Å². The van der Waals surface area contributed by atoms with E-state index in [4.69, 9.17) is 14.3 Å². The van der Waals surface area contributed by atoms with Crippen molar-refractivity contribution in [3.8, 4) is 11.5 Å². The van der Waals surface area contributed by atoms with Crippen LogP contribution in [0.3, 0.4) is 0 Å². The Morgan fingerprint density at radius 3 is 0.856 bits per heavy atom. The summed E-state index contributed by atoms with van der Waals surface area (Å²) in [6.07, 6.45) is -21.7. The third-order valence-electron chi connectivity index (χ3n) is 13.7. The third-order valence-corrected chi connectivity index (χ3v) is 13.7. The van der Waals surface area contributed by atoms with E-state index in [0.29, 0.717) is 38.5 Å². The van der Waals surface area contributed by atoms with Crippen molar-refractivity contribution in [2.45, 2.75) is 237 Å². The Morgan fingerprint density at radius 1 is 0.322 bits per heavy atom. The topological polar surface area (TPSA) is 82.1 Å². The second kappa shape index (κ2) is 28.7. The van der Waals surface area contributed by atoms with Crippen LogP contribution in [-0.2, 0) is 14.4 Å². The average Bonchev–Trinajstić information content (AvgIpc) is 0.752. The van der Waals surface area contributed by atoms with Gasteiger partial charge in [0.1, 0.15) is 0 Å². The van der Waals surface area contributed by atoms with E-state index in [0.717, 1.165) is 12.1 Å². The van der Waals surface area contributed by atoms with Crippen LogP contribution in [0.15, 0.2) is 18.2 Å². The molecule has 2 amide bonds. The number of carbonyl (C=O) groups excluding carboxylic acids is 3. The van der Waals surface area contributed by atoms with E-state index in [1.54, 1.807) is 0 Å². The summed E-state index contributed by atoms with van der Waals surface area (Å²) >= 11 is 0. The summed E-state index contributed by atoms with van der Waals surface area (Å²) in [5.41, 5.74) is -0.264. The zero-order chi connectivity index (χ0) is 70.3. The summed E-state index contributed by atoms with van der Waals surface area (Å²) < 4.78 is 471. The molecule has 1 saturated heterocycles. The Bertz CT molecular complexity index is 2500. The fourth-order valence-corrected chi connectivity index (χ4v) is 8.10. The van der Waals surface area contributed by atoms with Crippen LogP contribution >= 0.6 is 0 Å². The molecule has 1 aromatic rings. The van der Waals surface area contributed by atoms with Crippen LogP contribution in [0.5, 0.6) is 11.5 Å². The number of hydrogen-bond donors (Lipinski definition) is 0. The lowest BCUT2D eigenvalue weighted by atomic mass is 9.87. The molecule has 0 spiro atoms. The first-order chi connectivity index (χ1) is 40.4. The van der Waals surface area contributed by atoms with E-state index in [1.807, 2.05) is 0 Å². The summed E-state index contributed by atoms with van der Waals surface area (Å²) in [4.78, 5) is 41.6. The second-order valence-corrected chi connectivity index (χ2v) is 20.5. The minimum Gasteiger partial charge on any atom is -0.490 e. The Kier molecular flexibility index (Phi) is 25.9. The van der Waals surface area contributed by atoms with Crippen LogP contribution < -0.4 is 9.47 Å². The van der Waals surface area contributed by atoms with Gasteiger partial charge < -0.3 is 14.3 Å². The first-order valence-electron chi connectivity index (χ1n) is 26.3. The van der Waals surface area contributed by atoms with Gasteiger partial charge in [-0.15, -0.1) is 5.06 Å². The van der Waals surface area contributed by atoms with Crippen LogP contribution in [0, 0.1) is 0 Å². The standard InChI is InChI=1S/C49H51F34NO6/c50-34(51,36(54,55)38(58,59)40(62,63)42(66,67)44(70,71)46(74,75)48(78,79)80)23-15-11-7-3-1-5-9-13-17-25-88-29-20-19-28(33(87)90-84-31(85)21-22-32(84)86)27-30(29)89-26-18-14-10-6-2-4-8-12-16-24-35(52,53)37(56,57)39(60,61)41(64,65)43(68,69)45(72,73)47(76,77)49(81,82)83/h19-20,27H,1-18,21-26H2. The number of carbonyl (C=O) groups is 3. The highest BCUT2D eigenvalue weighted by molar-refractivity contribution is 6.02. The number of rotatable bonds is 40. The van der Waals surface area contributed by atoms with E-state index >= 15 is 0 Å². The molecule has 90 heavy (non-hydrogen) atoms. The Balaban J connectivity index is 1.88. The number of nitrogens with zero attached hydrogens (tertiary/aromatic N) is 1. The molecule has 7 nitrogen and oxygen atoms in total. The molecule has 1 aromatic carbocycles. The summed E-state index contributed by atoms with van der Waals surface area (Å²) in [6.45, 7) is -0.168. The molecule has 0 N–H and O–H groups in total.